The van der Waals surface area contributed by atoms with Crippen LogP contribution in [0.25, 0.3) is 0 Å². The fourth-order valence-electron chi connectivity index (χ4n) is 9.68. The Morgan fingerprint density at radius 3 is 2.20 bits per heavy atom. The van der Waals surface area contributed by atoms with Gasteiger partial charge in [-0.2, -0.15) is 0 Å². The minimum atomic E-state index is -1.91. The Kier molecular flexibility index (Phi) is 9.88. The molecule has 2 aromatic carbocycles. The number of ether oxygens (including phenoxy) is 8. The monoisotopic (exact) mass is 787 g/mol. The van der Waals surface area contributed by atoms with Gasteiger partial charge in [-0.1, -0.05) is 0 Å². The molecule has 0 radical (unpaired) electrons. The van der Waals surface area contributed by atoms with Crippen LogP contribution in [0.15, 0.2) is 12.1 Å². The number of carbonyl (C=O) groups excluding carboxylic acids is 3. The Hall–Kier alpha value is -3.75. The molecule has 7 rings (SSSR count). The van der Waals surface area contributed by atoms with Gasteiger partial charge in [0.15, 0.2) is 12.1 Å². The standard InChI is InChI=1S/C39H49NO16/c1-14-32(49-7)39(4,52-10)33(50-8)36(53-14)54-19-13-37(2,48)24(34(47)51-9)15-11-16-21(27(43)20(15)19)28(44)22-18(41)12-17-30(23(22)26(16)42)55-35-29(45)25(40(5)6)31(46)38(17,3)56-35/h11-12,14,19,24-25,29,31-33,35-36,41,43,45-46,48H,13H2,1-10H3/t14?,19-,24-,25?,29?,31?,32?,33?,35?,36?,37-,38?,39?/m0/s1. The molecule has 306 valence electrons. The van der Waals surface area contributed by atoms with E-state index in [4.69, 9.17) is 37.9 Å². The van der Waals surface area contributed by atoms with Gasteiger partial charge in [-0.05, 0) is 59.5 Å². The van der Waals surface area contributed by atoms with Gasteiger partial charge in [0.25, 0.3) is 0 Å². The van der Waals surface area contributed by atoms with Crippen molar-refractivity contribution in [3.63, 3.8) is 0 Å². The van der Waals surface area contributed by atoms with E-state index in [2.05, 4.69) is 0 Å². The first-order chi connectivity index (χ1) is 26.2. The summed E-state index contributed by atoms with van der Waals surface area (Å²) in [5.74, 6) is -5.85. The average Bonchev–Trinajstić information content (AvgIpc) is 3.12. The second kappa shape index (κ2) is 13.7. The van der Waals surface area contributed by atoms with Crippen LogP contribution in [0.5, 0.6) is 17.2 Å². The van der Waals surface area contributed by atoms with Crippen molar-refractivity contribution in [1.82, 2.24) is 4.90 Å². The Morgan fingerprint density at radius 1 is 0.946 bits per heavy atom. The first kappa shape index (κ1) is 40.4. The highest BCUT2D eigenvalue weighted by Crippen LogP contribution is 2.56. The Bertz CT molecular complexity index is 1980. The summed E-state index contributed by atoms with van der Waals surface area (Å²) in [4.78, 5) is 44.4. The number of methoxy groups -OCH3 is 4. The summed E-state index contributed by atoms with van der Waals surface area (Å²) in [5, 5.41) is 58.3. The van der Waals surface area contributed by atoms with Crippen LogP contribution in [0, 0.1) is 0 Å². The number of hydrogen-bond donors (Lipinski definition) is 5. The molecule has 0 aromatic heterocycles. The molecule has 0 amide bonds. The van der Waals surface area contributed by atoms with Gasteiger partial charge in [0, 0.05) is 44.4 Å². The minimum absolute atomic E-state index is 0.0417. The summed E-state index contributed by atoms with van der Waals surface area (Å²) in [6, 6.07) is 1.50. The van der Waals surface area contributed by atoms with E-state index in [0.29, 0.717) is 0 Å². The first-order valence-electron chi connectivity index (χ1n) is 18.2. The maximum absolute atomic E-state index is 14.8. The third kappa shape index (κ3) is 5.47. The largest absolute Gasteiger partial charge is 0.507 e. The lowest BCUT2D eigenvalue weighted by Crippen LogP contribution is -2.68. The second-order valence-corrected chi connectivity index (χ2v) is 16.0. The molecule has 5 aliphatic rings. The van der Waals surface area contributed by atoms with E-state index in [0.717, 1.165) is 13.2 Å². The summed E-state index contributed by atoms with van der Waals surface area (Å²) < 4.78 is 47.4. The summed E-state index contributed by atoms with van der Waals surface area (Å²) in [6.07, 6.45) is -9.16. The van der Waals surface area contributed by atoms with Gasteiger partial charge in [0.1, 0.15) is 58.8 Å². The maximum Gasteiger partial charge on any atom is 0.316 e. The van der Waals surface area contributed by atoms with Crippen LogP contribution < -0.4 is 4.74 Å². The first-order valence-corrected chi connectivity index (χ1v) is 18.2. The lowest BCUT2D eigenvalue weighted by molar-refractivity contribution is -0.345. The number of carbonyl (C=O) groups is 3. The van der Waals surface area contributed by atoms with Crippen molar-refractivity contribution in [3.8, 4) is 17.2 Å². The summed E-state index contributed by atoms with van der Waals surface area (Å²) in [5.41, 5.74) is -6.55. The van der Waals surface area contributed by atoms with Crippen LogP contribution in [0.2, 0.25) is 0 Å². The number of benzene rings is 2. The number of nitrogens with zero attached hydrogens (tertiary/aromatic N) is 1. The van der Waals surface area contributed by atoms with Crippen molar-refractivity contribution in [2.45, 2.75) is 112 Å². The number of likely N-dealkylation sites (N-methyl/N-ethyl adjacent to an activating group) is 1. The highest BCUT2D eigenvalue weighted by Gasteiger charge is 2.60. The molecule has 17 heteroatoms. The van der Waals surface area contributed by atoms with Crippen LogP contribution in [-0.4, -0.2) is 151 Å². The van der Waals surface area contributed by atoms with Gasteiger partial charge in [0.2, 0.25) is 12.1 Å². The molecule has 56 heavy (non-hydrogen) atoms. The van der Waals surface area contributed by atoms with Crippen LogP contribution in [-0.2, 0) is 43.6 Å². The topological polar surface area (TPSA) is 229 Å². The molecule has 2 aliphatic carbocycles. The van der Waals surface area contributed by atoms with Gasteiger partial charge >= 0.3 is 5.97 Å². The number of ketones is 2. The average molecular weight is 788 g/mol. The SMILES string of the molecule is COC(=O)[C@@H]1c2cc3c(c(O)c2[C@@H](OC2OC(C)C(OC)C(C)(OC)C2OC)C[C@]1(C)O)C(=O)c1c(O)cc2c(c1C3=O)OC1OC2(C)C(O)C(N(C)C)C1O. The number of aliphatic hydroxyl groups is 3. The van der Waals surface area contributed by atoms with Gasteiger partial charge in [-0.25, -0.2) is 0 Å². The normalized spacial score (nSPS) is 38.6. The lowest BCUT2D eigenvalue weighted by atomic mass is 9.68. The summed E-state index contributed by atoms with van der Waals surface area (Å²) in [6.45, 7) is 6.40. The molecule has 13 atom stereocenters. The Labute approximate surface area is 322 Å². The second-order valence-electron chi connectivity index (χ2n) is 16.0. The highest BCUT2D eigenvalue weighted by atomic mass is 16.7. The number of aromatic hydroxyl groups is 2. The molecule has 17 nitrogen and oxygen atoms in total. The molecule has 0 spiro atoms. The lowest BCUT2D eigenvalue weighted by Gasteiger charge is -2.53. The quantitative estimate of drug-likeness (QED) is 0.212. The maximum atomic E-state index is 14.8. The zero-order valence-electron chi connectivity index (χ0n) is 32.8. The van der Waals surface area contributed by atoms with Crippen LogP contribution in [0.4, 0.5) is 0 Å². The molecule has 0 saturated carbocycles. The van der Waals surface area contributed by atoms with E-state index in [1.807, 2.05) is 0 Å². The third-order valence-corrected chi connectivity index (χ3v) is 12.5. The molecule has 3 heterocycles. The predicted octanol–water partition coefficient (Wildman–Crippen LogP) is 1.14. The van der Waals surface area contributed by atoms with Gasteiger partial charge in [0.05, 0.1) is 47.7 Å². The van der Waals surface area contributed by atoms with E-state index in [1.54, 1.807) is 32.8 Å². The Balaban J connectivity index is 1.40. The zero-order chi connectivity index (χ0) is 41.1. The van der Waals surface area contributed by atoms with E-state index < -0.39 is 124 Å². The molecule has 3 aliphatic heterocycles. The zero-order valence-corrected chi connectivity index (χ0v) is 32.8. The number of phenols is 2. The summed E-state index contributed by atoms with van der Waals surface area (Å²) in [7, 11) is 8.84. The van der Waals surface area contributed by atoms with Gasteiger partial charge in [-0.15, -0.1) is 0 Å². The van der Waals surface area contributed by atoms with E-state index in [9.17, 15) is 39.9 Å². The molecule has 5 N–H and O–H groups in total. The Morgan fingerprint density at radius 2 is 1.61 bits per heavy atom. The van der Waals surface area contributed by atoms with Crippen molar-refractivity contribution in [3.05, 3.63) is 51.1 Å². The van der Waals surface area contributed by atoms with Crippen LogP contribution in [0.1, 0.15) is 94.7 Å². The number of hydrogen-bond acceptors (Lipinski definition) is 17. The molecular formula is C39H49NO16. The highest BCUT2D eigenvalue weighted by molar-refractivity contribution is 6.31. The van der Waals surface area contributed by atoms with Crippen molar-refractivity contribution < 1.29 is 77.8 Å². The van der Waals surface area contributed by atoms with Gasteiger partial charge < -0.3 is 68.3 Å². The third-order valence-electron chi connectivity index (χ3n) is 12.5. The van der Waals surface area contributed by atoms with Gasteiger partial charge in [-0.3, -0.25) is 14.4 Å². The van der Waals surface area contributed by atoms with Crippen molar-refractivity contribution in [1.29, 1.82) is 0 Å². The van der Waals surface area contributed by atoms with Crippen LogP contribution in [0.3, 0.4) is 0 Å². The molecule has 10 unspecified atom stereocenters. The van der Waals surface area contributed by atoms with E-state index in [-0.39, 0.29) is 34.4 Å². The van der Waals surface area contributed by atoms with Crippen molar-refractivity contribution >= 4 is 17.5 Å². The summed E-state index contributed by atoms with van der Waals surface area (Å²) >= 11 is 0. The number of rotatable bonds is 7. The van der Waals surface area contributed by atoms with Crippen molar-refractivity contribution in [2.24, 2.45) is 0 Å². The molecule has 2 bridgehead atoms. The van der Waals surface area contributed by atoms with E-state index in [1.165, 1.54) is 41.2 Å². The fraction of sp³-hybridized carbons (Fsp3) is 0.615. The number of esters is 1. The molecule has 2 aromatic rings. The van der Waals surface area contributed by atoms with Crippen LogP contribution >= 0.6 is 0 Å². The van der Waals surface area contributed by atoms with E-state index >= 15 is 0 Å². The molecule has 2 saturated heterocycles. The predicted molar refractivity (Wildman–Crippen MR) is 191 cm³/mol. The minimum Gasteiger partial charge on any atom is -0.507 e. The smallest absolute Gasteiger partial charge is 0.316 e. The molecule has 2 fully saturated rings. The van der Waals surface area contributed by atoms with Crippen molar-refractivity contribution in [2.75, 3.05) is 42.5 Å². The number of fused-ring (bicyclic) bond motifs is 8. The fourth-order valence-corrected chi connectivity index (χ4v) is 9.68. The number of phenolic OH excluding ortho intramolecular Hbond substituents is 2. The number of aliphatic hydroxyl groups excluding tert-OH is 2. The molecular weight excluding hydrogens is 738 g/mol.